The molecule has 0 atom stereocenters. The van der Waals surface area contributed by atoms with Gasteiger partial charge in [0.15, 0.2) is 5.65 Å². The first-order valence-corrected chi connectivity index (χ1v) is 10.5. The Morgan fingerprint density at radius 3 is 2.64 bits per heavy atom. The van der Waals surface area contributed by atoms with Gasteiger partial charge in [0.25, 0.3) is 12.9 Å². The zero-order chi connectivity index (χ0) is 23.7. The zero-order valence-corrected chi connectivity index (χ0v) is 18.7. The third kappa shape index (κ3) is 5.05. The van der Waals surface area contributed by atoms with E-state index in [0.717, 1.165) is 14.7 Å². The molecule has 0 spiro atoms. The van der Waals surface area contributed by atoms with Gasteiger partial charge in [-0.05, 0) is 46.6 Å². The maximum absolute atomic E-state index is 13.5. The standard InChI is InChI=1S/C21H17BrF4N6O/c1-11-18-15(19(23)24)6-16(20(25)26)29-21(18)32(30-11)10-17(33)28-14-4-2-3-12(5-14)8-31-9-13(22)7-27-31/h2-7,9,19-20H,8,10H2,1H3,(H,28,33). The Balaban J connectivity index is 1.56. The Kier molecular flexibility index (Phi) is 6.45. The van der Waals surface area contributed by atoms with Crippen molar-refractivity contribution in [3.05, 3.63) is 69.7 Å². The summed E-state index contributed by atoms with van der Waals surface area (Å²) in [5, 5.41) is 10.9. The number of alkyl halides is 4. The van der Waals surface area contributed by atoms with E-state index in [-0.39, 0.29) is 23.3 Å². The lowest BCUT2D eigenvalue weighted by atomic mass is 10.1. The minimum Gasteiger partial charge on any atom is -0.324 e. The summed E-state index contributed by atoms with van der Waals surface area (Å²) >= 11 is 3.33. The maximum Gasteiger partial charge on any atom is 0.280 e. The van der Waals surface area contributed by atoms with E-state index in [2.05, 4.69) is 36.4 Å². The number of nitrogens with one attached hydrogen (secondary N) is 1. The van der Waals surface area contributed by atoms with Crippen molar-refractivity contribution in [3.63, 3.8) is 0 Å². The van der Waals surface area contributed by atoms with Gasteiger partial charge in [0.05, 0.1) is 28.3 Å². The fourth-order valence-corrected chi connectivity index (χ4v) is 3.82. The topological polar surface area (TPSA) is 77.6 Å². The summed E-state index contributed by atoms with van der Waals surface area (Å²) in [6, 6.07) is 7.77. The maximum atomic E-state index is 13.5. The summed E-state index contributed by atoms with van der Waals surface area (Å²) in [5.41, 5.74) is -0.00250. The van der Waals surface area contributed by atoms with Crippen LogP contribution in [0.3, 0.4) is 0 Å². The largest absolute Gasteiger partial charge is 0.324 e. The van der Waals surface area contributed by atoms with Crippen LogP contribution in [0.25, 0.3) is 11.0 Å². The highest BCUT2D eigenvalue weighted by molar-refractivity contribution is 9.10. The van der Waals surface area contributed by atoms with Crippen molar-refractivity contribution in [2.24, 2.45) is 0 Å². The lowest BCUT2D eigenvalue weighted by molar-refractivity contribution is -0.116. The minimum absolute atomic E-state index is 0.0328. The number of hydrogen-bond acceptors (Lipinski definition) is 4. The van der Waals surface area contributed by atoms with Crippen molar-refractivity contribution in [1.82, 2.24) is 24.5 Å². The van der Waals surface area contributed by atoms with Gasteiger partial charge in [-0.25, -0.2) is 27.2 Å². The molecule has 3 heterocycles. The molecular weight excluding hydrogens is 508 g/mol. The number of aromatic nitrogens is 5. The first kappa shape index (κ1) is 22.9. The first-order chi connectivity index (χ1) is 15.7. The molecular formula is C21H17BrF4N6O. The van der Waals surface area contributed by atoms with Crippen molar-refractivity contribution >= 4 is 38.6 Å². The van der Waals surface area contributed by atoms with E-state index in [9.17, 15) is 22.4 Å². The molecule has 33 heavy (non-hydrogen) atoms. The summed E-state index contributed by atoms with van der Waals surface area (Å²) in [6.45, 7) is 1.56. The predicted molar refractivity (Wildman–Crippen MR) is 116 cm³/mol. The molecule has 0 aliphatic rings. The molecule has 0 radical (unpaired) electrons. The van der Waals surface area contributed by atoms with E-state index in [1.165, 1.54) is 6.92 Å². The van der Waals surface area contributed by atoms with Crippen molar-refractivity contribution in [2.75, 3.05) is 5.32 Å². The van der Waals surface area contributed by atoms with Crippen molar-refractivity contribution in [3.8, 4) is 0 Å². The summed E-state index contributed by atoms with van der Waals surface area (Å²) in [6.07, 6.45) is -2.56. The lowest BCUT2D eigenvalue weighted by Gasteiger charge is -2.09. The molecule has 0 unspecified atom stereocenters. The van der Waals surface area contributed by atoms with Gasteiger partial charge in [0.2, 0.25) is 5.91 Å². The van der Waals surface area contributed by atoms with E-state index in [0.29, 0.717) is 18.3 Å². The zero-order valence-electron chi connectivity index (χ0n) is 17.1. The second-order valence-corrected chi connectivity index (χ2v) is 8.20. The van der Waals surface area contributed by atoms with Gasteiger partial charge in [-0.3, -0.25) is 9.48 Å². The molecule has 172 valence electrons. The highest BCUT2D eigenvalue weighted by atomic mass is 79.9. The number of hydrogen-bond donors (Lipinski definition) is 1. The number of benzene rings is 1. The molecule has 4 aromatic rings. The fraction of sp³-hybridized carbons (Fsp3) is 0.238. The molecule has 1 amide bonds. The number of aryl methyl sites for hydroxylation is 1. The second kappa shape index (κ2) is 9.30. The number of anilines is 1. The second-order valence-electron chi connectivity index (χ2n) is 7.28. The molecule has 1 aromatic carbocycles. The fourth-order valence-electron chi connectivity index (χ4n) is 3.50. The predicted octanol–water partition coefficient (Wildman–Crippen LogP) is 5.26. The Bertz CT molecular complexity index is 1320. The van der Waals surface area contributed by atoms with Gasteiger partial charge in [-0.2, -0.15) is 10.2 Å². The summed E-state index contributed by atoms with van der Waals surface area (Å²) in [7, 11) is 0. The number of fused-ring (bicyclic) bond motifs is 1. The number of halogens is 5. The van der Waals surface area contributed by atoms with Gasteiger partial charge in [-0.1, -0.05) is 12.1 Å². The van der Waals surface area contributed by atoms with Crippen LogP contribution in [0, 0.1) is 6.92 Å². The molecule has 0 aliphatic carbocycles. The summed E-state index contributed by atoms with van der Waals surface area (Å²) in [5.74, 6) is -0.513. The number of nitrogens with zero attached hydrogens (tertiary/aromatic N) is 5. The van der Waals surface area contributed by atoms with Crippen molar-refractivity contribution in [2.45, 2.75) is 32.9 Å². The molecule has 0 saturated heterocycles. The van der Waals surface area contributed by atoms with Gasteiger partial charge in [-0.15, -0.1) is 0 Å². The normalized spacial score (nSPS) is 11.6. The van der Waals surface area contributed by atoms with Crippen LogP contribution in [0.4, 0.5) is 23.2 Å². The highest BCUT2D eigenvalue weighted by Gasteiger charge is 2.24. The number of amides is 1. The van der Waals surface area contributed by atoms with Gasteiger partial charge in [0.1, 0.15) is 12.2 Å². The molecule has 0 fully saturated rings. The van der Waals surface area contributed by atoms with Crippen LogP contribution < -0.4 is 5.32 Å². The number of rotatable bonds is 7. The molecule has 0 bridgehead atoms. The van der Waals surface area contributed by atoms with E-state index in [1.54, 1.807) is 29.1 Å². The molecule has 0 aliphatic heterocycles. The smallest absolute Gasteiger partial charge is 0.280 e. The average Bonchev–Trinajstić information content (AvgIpc) is 3.30. The van der Waals surface area contributed by atoms with Crippen molar-refractivity contribution in [1.29, 1.82) is 0 Å². The Labute approximate surface area is 193 Å². The van der Waals surface area contributed by atoms with Crippen LogP contribution in [-0.4, -0.2) is 30.5 Å². The number of pyridine rings is 1. The number of carbonyl (C=O) groups is 1. The van der Waals surface area contributed by atoms with E-state index in [4.69, 9.17) is 0 Å². The lowest BCUT2D eigenvalue weighted by Crippen LogP contribution is -2.20. The van der Waals surface area contributed by atoms with Crippen LogP contribution in [0.15, 0.2) is 47.2 Å². The van der Waals surface area contributed by atoms with E-state index < -0.39 is 30.0 Å². The molecule has 7 nitrogen and oxygen atoms in total. The van der Waals surface area contributed by atoms with E-state index in [1.807, 2.05) is 12.3 Å². The quantitative estimate of drug-likeness (QED) is 0.334. The Hall–Kier alpha value is -3.28. The van der Waals surface area contributed by atoms with Gasteiger partial charge in [0, 0.05) is 17.4 Å². The SMILES string of the molecule is Cc1nn(CC(=O)Nc2cccc(Cn3cc(Br)cn3)c2)c2nc(C(F)F)cc(C(F)F)c12. The first-order valence-electron chi connectivity index (χ1n) is 9.72. The Morgan fingerprint density at radius 1 is 1.18 bits per heavy atom. The monoisotopic (exact) mass is 524 g/mol. The van der Waals surface area contributed by atoms with Gasteiger partial charge < -0.3 is 5.32 Å². The third-order valence-corrected chi connectivity index (χ3v) is 5.25. The van der Waals surface area contributed by atoms with Crippen molar-refractivity contribution < 1.29 is 22.4 Å². The molecule has 3 aromatic heterocycles. The van der Waals surface area contributed by atoms with Crippen LogP contribution in [0.5, 0.6) is 0 Å². The van der Waals surface area contributed by atoms with Crippen LogP contribution >= 0.6 is 15.9 Å². The Morgan fingerprint density at radius 2 is 1.97 bits per heavy atom. The number of carbonyl (C=O) groups excluding carboxylic acids is 1. The van der Waals surface area contributed by atoms with E-state index >= 15 is 0 Å². The van der Waals surface area contributed by atoms with Crippen LogP contribution in [0.1, 0.15) is 35.4 Å². The summed E-state index contributed by atoms with van der Waals surface area (Å²) in [4.78, 5) is 16.4. The van der Waals surface area contributed by atoms with Crippen LogP contribution in [-0.2, 0) is 17.9 Å². The minimum atomic E-state index is -3.04. The molecule has 4 rings (SSSR count). The molecule has 0 saturated carbocycles. The average molecular weight is 525 g/mol. The third-order valence-electron chi connectivity index (χ3n) is 4.84. The molecule has 1 N–H and O–H groups in total. The highest BCUT2D eigenvalue weighted by Crippen LogP contribution is 2.32. The van der Waals surface area contributed by atoms with Gasteiger partial charge >= 0.3 is 0 Å². The van der Waals surface area contributed by atoms with Crippen LogP contribution in [0.2, 0.25) is 0 Å². The molecule has 12 heteroatoms. The summed E-state index contributed by atoms with van der Waals surface area (Å²) < 4.78 is 57.0.